The van der Waals surface area contributed by atoms with Crippen molar-refractivity contribution in [2.75, 3.05) is 0 Å². The van der Waals surface area contributed by atoms with Gasteiger partial charge < -0.3 is 0 Å². The zero-order valence-electron chi connectivity index (χ0n) is 10.1. The Kier molecular flexibility index (Phi) is 3.62. The summed E-state index contributed by atoms with van der Waals surface area (Å²) in [5.74, 6) is -0.797. The highest BCUT2D eigenvalue weighted by Crippen LogP contribution is 2.22. The van der Waals surface area contributed by atoms with Gasteiger partial charge in [-0.15, -0.1) is 0 Å². The molecule has 18 heavy (non-hydrogen) atoms. The molecule has 0 unspecified atom stereocenters. The van der Waals surface area contributed by atoms with Crippen LogP contribution in [-0.4, -0.2) is 5.78 Å². The first-order valence-corrected chi connectivity index (χ1v) is 6.36. The molecule has 0 saturated carbocycles. The lowest BCUT2D eigenvalue weighted by Crippen LogP contribution is -2.06. The molecule has 0 bridgehead atoms. The highest BCUT2D eigenvalue weighted by molar-refractivity contribution is 9.10. The minimum Gasteiger partial charge on any atom is -0.288 e. The number of hydrogen-bond acceptors (Lipinski definition) is 1. The molecule has 0 radical (unpaired) electrons. The summed E-state index contributed by atoms with van der Waals surface area (Å²) in [5, 5.41) is 0. The summed E-state index contributed by atoms with van der Waals surface area (Å²) in [6, 6.07) is 10.3. The number of carbonyl (C=O) groups excluding carboxylic acids is 1. The van der Waals surface area contributed by atoms with E-state index in [0.717, 1.165) is 11.1 Å². The Bertz CT molecular complexity index is 620. The van der Waals surface area contributed by atoms with E-state index in [0.29, 0.717) is 10.0 Å². The molecule has 0 fully saturated rings. The highest BCUT2D eigenvalue weighted by atomic mass is 79.9. The van der Waals surface area contributed by atoms with Crippen LogP contribution in [0.5, 0.6) is 0 Å². The van der Waals surface area contributed by atoms with Gasteiger partial charge in [-0.2, -0.15) is 0 Å². The van der Waals surface area contributed by atoms with Gasteiger partial charge in [0, 0.05) is 5.56 Å². The minimum atomic E-state index is -0.512. The topological polar surface area (TPSA) is 17.1 Å². The molecule has 0 N–H and O–H groups in total. The van der Waals surface area contributed by atoms with Gasteiger partial charge in [-0.1, -0.05) is 29.8 Å². The number of carbonyl (C=O) groups is 1. The number of halogens is 2. The fourth-order valence-corrected chi connectivity index (χ4v) is 2.26. The van der Waals surface area contributed by atoms with Gasteiger partial charge >= 0.3 is 0 Å². The lowest BCUT2D eigenvalue weighted by molar-refractivity contribution is 0.103. The number of benzene rings is 2. The van der Waals surface area contributed by atoms with Crippen molar-refractivity contribution in [3.8, 4) is 0 Å². The molecule has 0 spiro atoms. The van der Waals surface area contributed by atoms with E-state index in [1.807, 2.05) is 26.0 Å². The Morgan fingerprint density at radius 1 is 1.11 bits per heavy atom. The van der Waals surface area contributed by atoms with Crippen LogP contribution in [-0.2, 0) is 0 Å². The zero-order chi connectivity index (χ0) is 13.3. The lowest BCUT2D eigenvalue weighted by Gasteiger charge is -2.07. The van der Waals surface area contributed by atoms with Gasteiger partial charge in [0.2, 0.25) is 0 Å². The van der Waals surface area contributed by atoms with Gasteiger partial charge in [-0.3, -0.25) is 4.79 Å². The van der Waals surface area contributed by atoms with E-state index in [2.05, 4.69) is 15.9 Å². The molecule has 0 amide bonds. The van der Waals surface area contributed by atoms with Crippen LogP contribution in [0.25, 0.3) is 0 Å². The van der Waals surface area contributed by atoms with E-state index in [1.54, 1.807) is 18.2 Å². The van der Waals surface area contributed by atoms with Crippen LogP contribution in [0.15, 0.2) is 40.9 Å². The third-order valence-electron chi connectivity index (χ3n) is 2.82. The summed E-state index contributed by atoms with van der Waals surface area (Å²) >= 11 is 3.09. The van der Waals surface area contributed by atoms with Gasteiger partial charge in [-0.25, -0.2) is 4.39 Å². The normalized spacial score (nSPS) is 10.4. The van der Waals surface area contributed by atoms with Crippen LogP contribution in [0.1, 0.15) is 27.0 Å². The lowest BCUT2D eigenvalue weighted by atomic mass is 9.97. The van der Waals surface area contributed by atoms with Crippen LogP contribution < -0.4 is 0 Å². The third-order valence-corrected chi connectivity index (χ3v) is 3.44. The molecule has 2 aromatic rings. The maximum Gasteiger partial charge on any atom is 0.196 e. The van der Waals surface area contributed by atoms with Crippen molar-refractivity contribution in [2.45, 2.75) is 13.8 Å². The molecule has 0 aromatic heterocycles. The Morgan fingerprint density at radius 2 is 1.83 bits per heavy atom. The third kappa shape index (κ3) is 2.36. The van der Waals surface area contributed by atoms with Gasteiger partial charge in [-0.05, 0) is 47.5 Å². The Balaban J connectivity index is 2.51. The molecule has 0 heterocycles. The molecule has 1 nitrogen and oxygen atoms in total. The average Bonchev–Trinajstić information content (AvgIpc) is 2.32. The second kappa shape index (κ2) is 5.02. The zero-order valence-corrected chi connectivity index (χ0v) is 11.7. The first kappa shape index (κ1) is 13.0. The van der Waals surface area contributed by atoms with Crippen molar-refractivity contribution >= 4 is 21.7 Å². The fourth-order valence-electron chi connectivity index (χ4n) is 1.89. The van der Waals surface area contributed by atoms with Crippen molar-refractivity contribution in [3.05, 3.63) is 68.9 Å². The van der Waals surface area contributed by atoms with E-state index in [9.17, 15) is 9.18 Å². The summed E-state index contributed by atoms with van der Waals surface area (Å²) in [6.45, 7) is 3.82. The van der Waals surface area contributed by atoms with Crippen LogP contribution in [0.4, 0.5) is 4.39 Å². The maximum atomic E-state index is 13.9. The quantitative estimate of drug-likeness (QED) is 0.750. The monoisotopic (exact) mass is 306 g/mol. The van der Waals surface area contributed by atoms with Crippen molar-refractivity contribution in [1.29, 1.82) is 0 Å². The summed E-state index contributed by atoms with van der Waals surface area (Å²) in [5.41, 5.74) is 2.58. The second-order valence-corrected chi connectivity index (χ2v) is 5.10. The highest BCUT2D eigenvalue weighted by Gasteiger charge is 2.17. The average molecular weight is 307 g/mol. The molecule has 0 saturated heterocycles. The van der Waals surface area contributed by atoms with Crippen LogP contribution >= 0.6 is 15.9 Å². The molecule has 2 aromatic carbocycles. The smallest absolute Gasteiger partial charge is 0.196 e. The van der Waals surface area contributed by atoms with Crippen molar-refractivity contribution in [2.24, 2.45) is 0 Å². The first-order chi connectivity index (χ1) is 8.50. The molecular weight excluding hydrogens is 295 g/mol. The SMILES string of the molecule is Cc1ccc(C(=O)c2cccc(Br)c2F)c(C)c1. The molecular formula is C15H12BrFO. The number of hydrogen-bond donors (Lipinski definition) is 0. The number of ketones is 1. The predicted octanol–water partition coefficient (Wildman–Crippen LogP) is 4.44. The summed E-state index contributed by atoms with van der Waals surface area (Å²) in [7, 11) is 0. The summed E-state index contributed by atoms with van der Waals surface area (Å²) in [6.07, 6.45) is 0. The van der Waals surface area contributed by atoms with Crippen molar-refractivity contribution < 1.29 is 9.18 Å². The number of rotatable bonds is 2. The predicted molar refractivity (Wildman–Crippen MR) is 73.4 cm³/mol. The fraction of sp³-hybridized carbons (Fsp3) is 0.133. The largest absolute Gasteiger partial charge is 0.288 e. The molecule has 92 valence electrons. The molecule has 0 aliphatic heterocycles. The van der Waals surface area contributed by atoms with Crippen molar-refractivity contribution in [1.82, 2.24) is 0 Å². The molecule has 2 rings (SSSR count). The van der Waals surface area contributed by atoms with Crippen LogP contribution in [0.3, 0.4) is 0 Å². The van der Waals surface area contributed by atoms with Gasteiger partial charge in [0.25, 0.3) is 0 Å². The van der Waals surface area contributed by atoms with Gasteiger partial charge in [0.15, 0.2) is 5.78 Å². The van der Waals surface area contributed by atoms with E-state index >= 15 is 0 Å². The second-order valence-electron chi connectivity index (χ2n) is 4.25. The van der Waals surface area contributed by atoms with E-state index in [-0.39, 0.29) is 11.3 Å². The van der Waals surface area contributed by atoms with Gasteiger partial charge in [0.05, 0.1) is 10.0 Å². The Labute approximate surface area is 114 Å². The van der Waals surface area contributed by atoms with Crippen molar-refractivity contribution in [3.63, 3.8) is 0 Å². The maximum absolute atomic E-state index is 13.9. The van der Waals surface area contributed by atoms with Crippen LogP contribution in [0.2, 0.25) is 0 Å². The first-order valence-electron chi connectivity index (χ1n) is 5.56. The van der Waals surface area contributed by atoms with Crippen LogP contribution in [0, 0.1) is 19.7 Å². The molecule has 0 aliphatic rings. The van der Waals surface area contributed by atoms with E-state index in [1.165, 1.54) is 6.07 Å². The number of aryl methyl sites for hydroxylation is 2. The minimum absolute atomic E-state index is 0.0938. The van der Waals surface area contributed by atoms with E-state index in [4.69, 9.17) is 0 Å². The summed E-state index contributed by atoms with van der Waals surface area (Å²) in [4.78, 5) is 12.3. The Morgan fingerprint density at radius 3 is 2.50 bits per heavy atom. The summed E-state index contributed by atoms with van der Waals surface area (Å²) < 4.78 is 14.2. The molecule has 0 atom stereocenters. The molecule has 3 heteroatoms. The van der Waals surface area contributed by atoms with E-state index < -0.39 is 5.82 Å². The molecule has 0 aliphatic carbocycles. The standard InChI is InChI=1S/C15H12BrFO/c1-9-6-7-11(10(2)8-9)15(18)12-4-3-5-13(16)14(12)17/h3-8H,1-2H3. The van der Waals surface area contributed by atoms with Gasteiger partial charge in [0.1, 0.15) is 5.82 Å². The Hall–Kier alpha value is -1.48.